The maximum atomic E-state index is 5.50. The predicted molar refractivity (Wildman–Crippen MR) is 83.4 cm³/mol. The number of aryl methyl sites for hydroxylation is 1. The second-order valence-electron chi connectivity index (χ2n) is 4.05. The highest BCUT2D eigenvalue weighted by molar-refractivity contribution is 9.10. The molecular formula is C14H15BrN4. The minimum absolute atomic E-state index is 0.484. The molecule has 4 N–H and O–H groups in total. The van der Waals surface area contributed by atoms with Gasteiger partial charge in [0.15, 0.2) is 0 Å². The van der Waals surface area contributed by atoms with Gasteiger partial charge in [-0.3, -0.25) is 5.43 Å². The molecule has 5 heteroatoms. The van der Waals surface area contributed by atoms with Crippen LogP contribution in [0.4, 0.5) is 11.4 Å². The average molecular weight is 319 g/mol. The molecule has 0 saturated carbocycles. The fourth-order valence-electron chi connectivity index (χ4n) is 1.58. The Bertz CT molecular complexity index is 581. The Labute approximate surface area is 120 Å². The number of hydrazine groups is 1. The molecular weight excluding hydrogens is 304 g/mol. The first-order valence-electron chi connectivity index (χ1n) is 5.82. The van der Waals surface area contributed by atoms with Gasteiger partial charge in [-0.2, -0.15) is 0 Å². The Hall–Kier alpha value is -1.85. The third kappa shape index (κ3) is 3.81. The normalized spacial score (nSPS) is 11.2. The lowest BCUT2D eigenvalue weighted by atomic mass is 10.2. The van der Waals surface area contributed by atoms with Gasteiger partial charge in [-0.15, -0.1) is 0 Å². The highest BCUT2D eigenvalue weighted by Crippen LogP contribution is 2.26. The number of nitrogens with two attached hydrogens (primary N) is 1. The smallest absolute Gasteiger partial charge is 0.215 e. The highest BCUT2D eigenvalue weighted by Gasteiger charge is 2.02. The number of aliphatic imine (C=N–C) groups is 1. The number of nitrogens with one attached hydrogen (secondary N) is 2. The van der Waals surface area contributed by atoms with Gasteiger partial charge in [0.25, 0.3) is 0 Å². The van der Waals surface area contributed by atoms with Crippen molar-refractivity contribution in [1.82, 2.24) is 5.43 Å². The number of guanidine groups is 1. The number of hydrogen-bond acceptors (Lipinski definition) is 2. The summed E-state index contributed by atoms with van der Waals surface area (Å²) in [7, 11) is 0. The molecule has 0 fully saturated rings. The molecule has 0 saturated heterocycles. The van der Waals surface area contributed by atoms with E-state index < -0.39 is 0 Å². The van der Waals surface area contributed by atoms with Gasteiger partial charge in [0.05, 0.1) is 5.69 Å². The molecule has 0 bridgehead atoms. The Morgan fingerprint density at radius 2 is 1.89 bits per heavy atom. The Balaban J connectivity index is 2.26. The first kappa shape index (κ1) is 13.6. The van der Waals surface area contributed by atoms with Gasteiger partial charge in [-0.1, -0.05) is 24.3 Å². The van der Waals surface area contributed by atoms with E-state index >= 15 is 0 Å². The standard InChI is InChI=1S/C14H15BrN4/c1-10-7-8-12(15)13(9-10)18-14(19-16)17-11-5-3-2-4-6-11/h2-9H,16H2,1H3,(H2,17,18,19). The van der Waals surface area contributed by atoms with E-state index in [1.54, 1.807) is 0 Å². The summed E-state index contributed by atoms with van der Waals surface area (Å²) in [6.45, 7) is 2.02. The maximum absolute atomic E-state index is 5.50. The molecule has 0 atom stereocenters. The quantitative estimate of drug-likeness (QED) is 0.344. The number of hydrogen-bond donors (Lipinski definition) is 3. The van der Waals surface area contributed by atoms with Gasteiger partial charge in [0.2, 0.25) is 5.96 Å². The molecule has 0 aliphatic carbocycles. The van der Waals surface area contributed by atoms with Crippen molar-refractivity contribution in [3.8, 4) is 0 Å². The van der Waals surface area contributed by atoms with Crippen LogP contribution in [0.3, 0.4) is 0 Å². The molecule has 0 spiro atoms. The highest BCUT2D eigenvalue weighted by atomic mass is 79.9. The number of para-hydroxylation sites is 1. The minimum atomic E-state index is 0.484. The summed E-state index contributed by atoms with van der Waals surface area (Å²) in [5, 5.41) is 3.12. The lowest BCUT2D eigenvalue weighted by Crippen LogP contribution is -2.35. The maximum Gasteiger partial charge on any atom is 0.215 e. The molecule has 0 radical (unpaired) electrons. The van der Waals surface area contributed by atoms with Crippen LogP contribution in [-0.2, 0) is 0 Å². The largest absolute Gasteiger partial charge is 0.325 e. The average Bonchev–Trinajstić information content (AvgIpc) is 2.43. The zero-order valence-corrected chi connectivity index (χ0v) is 12.1. The number of nitrogens with zero attached hydrogens (tertiary/aromatic N) is 1. The van der Waals surface area contributed by atoms with Crippen molar-refractivity contribution in [3.05, 3.63) is 58.6 Å². The molecule has 4 nitrogen and oxygen atoms in total. The second-order valence-corrected chi connectivity index (χ2v) is 4.90. The lowest BCUT2D eigenvalue weighted by molar-refractivity contribution is 1.02. The summed E-state index contributed by atoms with van der Waals surface area (Å²) in [4.78, 5) is 4.46. The van der Waals surface area contributed by atoms with E-state index in [0.717, 1.165) is 21.4 Å². The van der Waals surface area contributed by atoms with Gasteiger partial charge in [-0.05, 0) is 52.7 Å². The molecule has 2 aromatic carbocycles. The van der Waals surface area contributed by atoms with Crippen molar-refractivity contribution in [2.45, 2.75) is 6.92 Å². The van der Waals surface area contributed by atoms with Gasteiger partial charge in [0, 0.05) is 10.2 Å². The summed E-state index contributed by atoms with van der Waals surface area (Å²) >= 11 is 3.47. The molecule has 2 rings (SSSR count). The number of halogens is 1. The van der Waals surface area contributed by atoms with Crippen molar-refractivity contribution < 1.29 is 0 Å². The van der Waals surface area contributed by atoms with Crippen LogP contribution in [0.5, 0.6) is 0 Å². The molecule has 19 heavy (non-hydrogen) atoms. The molecule has 0 unspecified atom stereocenters. The van der Waals surface area contributed by atoms with E-state index in [-0.39, 0.29) is 0 Å². The number of anilines is 1. The molecule has 98 valence electrons. The van der Waals surface area contributed by atoms with Crippen molar-refractivity contribution in [2.75, 3.05) is 5.32 Å². The van der Waals surface area contributed by atoms with Crippen LogP contribution in [0.25, 0.3) is 0 Å². The summed E-state index contributed by atoms with van der Waals surface area (Å²) in [5.41, 5.74) is 5.44. The van der Waals surface area contributed by atoms with Gasteiger partial charge >= 0.3 is 0 Å². The fraction of sp³-hybridized carbons (Fsp3) is 0.0714. The van der Waals surface area contributed by atoms with Crippen LogP contribution < -0.4 is 16.6 Å². The minimum Gasteiger partial charge on any atom is -0.325 e. The summed E-state index contributed by atoms with van der Waals surface area (Å²) < 4.78 is 0.917. The second kappa shape index (κ2) is 6.36. The van der Waals surface area contributed by atoms with Crippen LogP contribution in [0.15, 0.2) is 58.0 Å². The summed E-state index contributed by atoms with van der Waals surface area (Å²) in [6, 6.07) is 15.7. The first-order valence-corrected chi connectivity index (χ1v) is 6.62. The van der Waals surface area contributed by atoms with Crippen LogP contribution in [-0.4, -0.2) is 5.96 Å². The molecule has 0 heterocycles. The van der Waals surface area contributed by atoms with E-state index in [1.807, 2.05) is 55.5 Å². The molecule has 0 aliphatic rings. The van der Waals surface area contributed by atoms with E-state index in [4.69, 9.17) is 5.84 Å². The van der Waals surface area contributed by atoms with E-state index in [2.05, 4.69) is 31.7 Å². The zero-order chi connectivity index (χ0) is 13.7. The van der Waals surface area contributed by atoms with E-state index in [0.29, 0.717) is 5.96 Å². The SMILES string of the molecule is Cc1ccc(Br)c(N=C(NN)Nc2ccccc2)c1. The topological polar surface area (TPSA) is 62.4 Å². The number of benzene rings is 2. The van der Waals surface area contributed by atoms with Crippen LogP contribution in [0, 0.1) is 6.92 Å². The third-order valence-corrected chi connectivity index (χ3v) is 3.18. The molecule has 2 aromatic rings. The molecule has 0 aliphatic heterocycles. The van der Waals surface area contributed by atoms with Gasteiger partial charge < -0.3 is 5.32 Å². The van der Waals surface area contributed by atoms with Crippen molar-refractivity contribution >= 4 is 33.3 Å². The van der Waals surface area contributed by atoms with Gasteiger partial charge in [0.1, 0.15) is 0 Å². The third-order valence-electron chi connectivity index (χ3n) is 2.51. The van der Waals surface area contributed by atoms with Crippen molar-refractivity contribution in [3.63, 3.8) is 0 Å². The Morgan fingerprint density at radius 3 is 2.58 bits per heavy atom. The summed E-state index contributed by atoms with van der Waals surface area (Å²) in [6.07, 6.45) is 0. The fourth-order valence-corrected chi connectivity index (χ4v) is 1.92. The van der Waals surface area contributed by atoms with E-state index in [9.17, 15) is 0 Å². The first-order chi connectivity index (χ1) is 9.19. The monoisotopic (exact) mass is 318 g/mol. The Kier molecular flexibility index (Phi) is 4.54. The molecule has 0 aromatic heterocycles. The predicted octanol–water partition coefficient (Wildman–Crippen LogP) is 3.32. The Morgan fingerprint density at radius 1 is 1.16 bits per heavy atom. The zero-order valence-electron chi connectivity index (χ0n) is 10.5. The van der Waals surface area contributed by atoms with E-state index in [1.165, 1.54) is 0 Å². The van der Waals surface area contributed by atoms with Crippen molar-refractivity contribution in [2.24, 2.45) is 10.8 Å². The lowest BCUT2D eigenvalue weighted by Gasteiger charge is -2.09. The van der Waals surface area contributed by atoms with Gasteiger partial charge in [-0.25, -0.2) is 10.8 Å². The van der Waals surface area contributed by atoms with Crippen molar-refractivity contribution in [1.29, 1.82) is 0 Å². The van der Waals surface area contributed by atoms with Crippen LogP contribution in [0.1, 0.15) is 5.56 Å². The van der Waals surface area contributed by atoms with Crippen LogP contribution >= 0.6 is 15.9 Å². The van der Waals surface area contributed by atoms with Crippen LogP contribution in [0.2, 0.25) is 0 Å². The molecule has 0 amide bonds. The number of rotatable bonds is 2. The summed E-state index contributed by atoms with van der Waals surface area (Å²) in [5.74, 6) is 5.98.